The summed E-state index contributed by atoms with van der Waals surface area (Å²) in [6.45, 7) is 3.10. The van der Waals surface area contributed by atoms with Crippen LogP contribution in [0.5, 0.6) is 5.75 Å². The molecular formula is C14H16N2O3. The van der Waals surface area contributed by atoms with Crippen LogP contribution in [0, 0.1) is 0 Å². The number of hydrogen-bond acceptors (Lipinski definition) is 4. The topological polar surface area (TPSA) is 53.4 Å². The van der Waals surface area contributed by atoms with E-state index in [1.807, 2.05) is 25.3 Å². The van der Waals surface area contributed by atoms with Gasteiger partial charge in [0.05, 0.1) is 25.1 Å². The molecule has 19 heavy (non-hydrogen) atoms. The highest BCUT2D eigenvalue weighted by Crippen LogP contribution is 2.15. The first-order valence-electron chi connectivity index (χ1n) is 6.06. The van der Waals surface area contributed by atoms with E-state index >= 15 is 0 Å². The third-order valence-electron chi connectivity index (χ3n) is 2.75. The molecule has 0 spiro atoms. The monoisotopic (exact) mass is 260 g/mol. The number of esters is 1. The number of rotatable bonds is 5. The fourth-order valence-corrected chi connectivity index (χ4v) is 1.71. The molecule has 1 aromatic heterocycles. The number of aromatic nitrogens is 2. The van der Waals surface area contributed by atoms with Gasteiger partial charge in [0.2, 0.25) is 0 Å². The second-order valence-electron chi connectivity index (χ2n) is 3.97. The maximum Gasteiger partial charge on any atom is 0.338 e. The number of nitrogens with zero attached hydrogens (tertiary/aromatic N) is 2. The minimum absolute atomic E-state index is 0.306. The summed E-state index contributed by atoms with van der Waals surface area (Å²) in [6.07, 6.45) is 3.48. The van der Waals surface area contributed by atoms with E-state index in [2.05, 4.69) is 5.10 Å². The van der Waals surface area contributed by atoms with Gasteiger partial charge in [0, 0.05) is 12.1 Å². The second kappa shape index (κ2) is 6.04. The Morgan fingerprint density at radius 3 is 2.84 bits per heavy atom. The molecule has 2 rings (SSSR count). The van der Waals surface area contributed by atoms with Gasteiger partial charge in [-0.2, -0.15) is 5.10 Å². The highest BCUT2D eigenvalue weighted by Gasteiger charge is 2.11. The molecule has 0 aliphatic carbocycles. The molecule has 5 heteroatoms. The maximum atomic E-state index is 11.6. The van der Waals surface area contributed by atoms with Gasteiger partial charge >= 0.3 is 5.97 Å². The summed E-state index contributed by atoms with van der Waals surface area (Å²) in [5, 5.41) is 4.12. The first-order chi connectivity index (χ1) is 9.24. The summed E-state index contributed by atoms with van der Waals surface area (Å²) < 4.78 is 12.1. The molecule has 0 atom stereocenters. The molecule has 0 unspecified atom stereocenters. The fraction of sp³-hybridized carbons (Fsp3) is 0.286. The Morgan fingerprint density at radius 1 is 1.37 bits per heavy atom. The number of carbonyl (C=O) groups is 1. The van der Waals surface area contributed by atoms with E-state index in [4.69, 9.17) is 9.47 Å². The molecule has 0 aliphatic heterocycles. The van der Waals surface area contributed by atoms with Crippen LogP contribution < -0.4 is 4.74 Å². The molecule has 100 valence electrons. The van der Waals surface area contributed by atoms with Crippen LogP contribution in [0.2, 0.25) is 0 Å². The summed E-state index contributed by atoms with van der Waals surface area (Å²) in [5.41, 5.74) is 1.31. The normalized spacial score (nSPS) is 10.2. The molecule has 5 nitrogen and oxygen atoms in total. The largest absolute Gasteiger partial charge is 0.486 e. The fourth-order valence-electron chi connectivity index (χ4n) is 1.71. The van der Waals surface area contributed by atoms with Gasteiger partial charge in [-0.1, -0.05) is 18.2 Å². The van der Waals surface area contributed by atoms with Crippen LogP contribution in [0.15, 0.2) is 36.7 Å². The standard InChI is InChI=1S/C14H16N2O3/c1-3-16-9-12(8-15-16)19-10-11-6-4-5-7-13(11)14(17)18-2/h4-9H,3,10H2,1-2H3. The molecule has 1 aromatic carbocycles. The SMILES string of the molecule is CCn1cc(OCc2ccccc2C(=O)OC)cn1. The van der Waals surface area contributed by atoms with E-state index < -0.39 is 0 Å². The lowest BCUT2D eigenvalue weighted by molar-refractivity contribution is 0.0597. The smallest absolute Gasteiger partial charge is 0.338 e. The van der Waals surface area contributed by atoms with Gasteiger partial charge in [0.25, 0.3) is 0 Å². The lowest BCUT2D eigenvalue weighted by atomic mass is 10.1. The zero-order chi connectivity index (χ0) is 13.7. The molecular weight excluding hydrogens is 244 g/mol. The van der Waals surface area contributed by atoms with Crippen LogP contribution in [0.4, 0.5) is 0 Å². The van der Waals surface area contributed by atoms with Gasteiger partial charge in [-0.3, -0.25) is 4.68 Å². The van der Waals surface area contributed by atoms with E-state index in [9.17, 15) is 4.79 Å². The Morgan fingerprint density at radius 2 is 2.16 bits per heavy atom. The number of ether oxygens (including phenoxy) is 2. The van der Waals surface area contributed by atoms with Crippen molar-refractivity contribution in [3.05, 3.63) is 47.8 Å². The Hall–Kier alpha value is -2.30. The molecule has 0 radical (unpaired) electrons. The summed E-state index contributed by atoms with van der Waals surface area (Å²) in [5.74, 6) is 0.324. The molecule has 0 amide bonds. The molecule has 2 aromatic rings. The van der Waals surface area contributed by atoms with Gasteiger partial charge in [0.1, 0.15) is 6.61 Å². The van der Waals surface area contributed by atoms with Crippen molar-refractivity contribution in [2.45, 2.75) is 20.1 Å². The van der Waals surface area contributed by atoms with Crippen LogP contribution in [0.3, 0.4) is 0 Å². The van der Waals surface area contributed by atoms with Crippen LogP contribution in [0.1, 0.15) is 22.8 Å². The predicted molar refractivity (Wildman–Crippen MR) is 70.0 cm³/mol. The van der Waals surface area contributed by atoms with Gasteiger partial charge in [-0.05, 0) is 13.0 Å². The average Bonchev–Trinajstić information content (AvgIpc) is 2.92. The van der Waals surface area contributed by atoms with Crippen molar-refractivity contribution in [1.82, 2.24) is 9.78 Å². The summed E-state index contributed by atoms with van der Waals surface area (Å²) >= 11 is 0. The van der Waals surface area contributed by atoms with Crippen molar-refractivity contribution in [3.8, 4) is 5.75 Å². The number of carbonyl (C=O) groups excluding carboxylic acids is 1. The summed E-state index contributed by atoms with van der Waals surface area (Å²) in [4.78, 5) is 11.6. The van der Waals surface area contributed by atoms with Crippen molar-refractivity contribution in [2.24, 2.45) is 0 Å². The number of hydrogen-bond donors (Lipinski definition) is 0. The van der Waals surface area contributed by atoms with E-state index in [0.717, 1.165) is 12.1 Å². The molecule has 0 bridgehead atoms. The average molecular weight is 260 g/mol. The van der Waals surface area contributed by atoms with Crippen molar-refractivity contribution >= 4 is 5.97 Å². The predicted octanol–water partition coefficient (Wildman–Crippen LogP) is 2.27. The van der Waals surface area contributed by atoms with E-state index in [1.165, 1.54) is 7.11 Å². The molecule has 0 fully saturated rings. The quantitative estimate of drug-likeness (QED) is 0.774. The second-order valence-corrected chi connectivity index (χ2v) is 3.97. The number of methoxy groups -OCH3 is 1. The first kappa shape index (κ1) is 13.1. The van der Waals surface area contributed by atoms with Crippen LogP contribution in [0.25, 0.3) is 0 Å². The Balaban J connectivity index is 2.08. The van der Waals surface area contributed by atoms with E-state index in [-0.39, 0.29) is 5.97 Å². The minimum atomic E-state index is -0.358. The number of benzene rings is 1. The third-order valence-corrected chi connectivity index (χ3v) is 2.75. The molecule has 0 aliphatic rings. The maximum absolute atomic E-state index is 11.6. The number of aryl methyl sites for hydroxylation is 1. The molecule has 0 saturated heterocycles. The molecule has 1 heterocycles. The third kappa shape index (κ3) is 3.13. The van der Waals surface area contributed by atoms with Crippen LogP contribution in [-0.2, 0) is 17.9 Å². The van der Waals surface area contributed by atoms with Crippen molar-refractivity contribution < 1.29 is 14.3 Å². The lowest BCUT2D eigenvalue weighted by Gasteiger charge is -2.08. The van der Waals surface area contributed by atoms with E-state index in [1.54, 1.807) is 23.0 Å². The highest BCUT2D eigenvalue weighted by atomic mass is 16.5. The summed E-state index contributed by atoms with van der Waals surface area (Å²) in [7, 11) is 1.37. The molecule has 0 N–H and O–H groups in total. The highest BCUT2D eigenvalue weighted by molar-refractivity contribution is 5.90. The van der Waals surface area contributed by atoms with E-state index in [0.29, 0.717) is 17.9 Å². The zero-order valence-electron chi connectivity index (χ0n) is 11.0. The van der Waals surface area contributed by atoms with Crippen molar-refractivity contribution in [1.29, 1.82) is 0 Å². The zero-order valence-corrected chi connectivity index (χ0v) is 11.0. The Kier molecular flexibility index (Phi) is 4.18. The first-order valence-corrected chi connectivity index (χ1v) is 6.06. The van der Waals surface area contributed by atoms with Crippen molar-refractivity contribution in [3.63, 3.8) is 0 Å². The Bertz CT molecular complexity index is 563. The van der Waals surface area contributed by atoms with Crippen molar-refractivity contribution in [2.75, 3.05) is 7.11 Å². The summed E-state index contributed by atoms with van der Waals surface area (Å²) in [6, 6.07) is 7.22. The van der Waals surface area contributed by atoms with Gasteiger partial charge in [-0.25, -0.2) is 4.79 Å². The van der Waals surface area contributed by atoms with Gasteiger partial charge in [-0.15, -0.1) is 0 Å². The van der Waals surface area contributed by atoms with Crippen LogP contribution >= 0.6 is 0 Å². The minimum Gasteiger partial charge on any atom is -0.486 e. The molecule has 0 saturated carbocycles. The Labute approximate surface area is 111 Å². The van der Waals surface area contributed by atoms with Gasteiger partial charge < -0.3 is 9.47 Å². The lowest BCUT2D eigenvalue weighted by Crippen LogP contribution is -2.07. The van der Waals surface area contributed by atoms with Crippen LogP contribution in [-0.4, -0.2) is 22.9 Å². The van der Waals surface area contributed by atoms with Gasteiger partial charge in [0.15, 0.2) is 5.75 Å².